The van der Waals surface area contributed by atoms with Crippen LogP contribution in [-0.2, 0) is 4.74 Å². The predicted molar refractivity (Wildman–Crippen MR) is 68.7 cm³/mol. The molecule has 0 aromatic rings. The fourth-order valence-electron chi connectivity index (χ4n) is 2.22. The lowest BCUT2D eigenvalue weighted by Gasteiger charge is -2.29. The van der Waals surface area contributed by atoms with E-state index in [4.69, 9.17) is 20.5 Å². The van der Waals surface area contributed by atoms with E-state index in [0.717, 1.165) is 58.4 Å². The van der Waals surface area contributed by atoms with Crippen molar-refractivity contribution in [3.05, 3.63) is 0 Å². The highest BCUT2D eigenvalue weighted by atomic mass is 16.5. The monoisotopic (exact) mass is 244 g/mol. The van der Waals surface area contributed by atoms with Gasteiger partial charge in [-0.3, -0.25) is 0 Å². The van der Waals surface area contributed by atoms with Gasteiger partial charge in [0.05, 0.1) is 6.61 Å². The third-order valence-electron chi connectivity index (χ3n) is 3.25. The average Bonchev–Trinajstić information content (AvgIpc) is 2.37. The quantitative estimate of drug-likeness (QED) is 0.395. The van der Waals surface area contributed by atoms with Crippen LogP contribution in [0, 0.1) is 0 Å². The molecule has 1 saturated heterocycles. The number of hydrogen-bond acceptors (Lipinski definition) is 5. The van der Waals surface area contributed by atoms with Crippen LogP contribution in [0.15, 0.2) is 0 Å². The molecule has 0 aliphatic carbocycles. The van der Waals surface area contributed by atoms with Crippen LogP contribution < -0.4 is 11.1 Å². The van der Waals surface area contributed by atoms with Gasteiger partial charge < -0.3 is 25.8 Å². The minimum atomic E-state index is -1.18. The fourth-order valence-corrected chi connectivity index (χ4v) is 2.22. The Morgan fingerprint density at radius 2 is 2.12 bits per heavy atom. The molecule has 17 heavy (non-hydrogen) atoms. The number of ether oxygens (including phenoxy) is 1. The van der Waals surface area contributed by atoms with Crippen molar-refractivity contribution >= 4 is 7.12 Å². The molecule has 5 nitrogen and oxygen atoms in total. The summed E-state index contributed by atoms with van der Waals surface area (Å²) in [6.45, 7) is 3.22. The number of hydrogen-bond donors (Lipinski definition) is 4. The van der Waals surface area contributed by atoms with E-state index in [1.807, 2.05) is 0 Å². The summed E-state index contributed by atoms with van der Waals surface area (Å²) >= 11 is 0. The van der Waals surface area contributed by atoms with E-state index in [0.29, 0.717) is 6.32 Å². The molecule has 1 fully saturated rings. The summed E-state index contributed by atoms with van der Waals surface area (Å²) in [6.07, 6.45) is 5.07. The molecular formula is C11H25BN2O3. The largest absolute Gasteiger partial charge is 0.451 e. The summed E-state index contributed by atoms with van der Waals surface area (Å²) in [5.74, 6) is 0. The second-order valence-corrected chi connectivity index (χ2v) is 4.98. The molecule has 6 heteroatoms. The second kappa shape index (κ2) is 8.05. The molecule has 1 unspecified atom stereocenters. The molecule has 1 rings (SSSR count). The van der Waals surface area contributed by atoms with Crippen LogP contribution in [0.25, 0.3) is 0 Å². The second-order valence-electron chi connectivity index (χ2n) is 4.98. The van der Waals surface area contributed by atoms with Crippen LogP contribution in [0.1, 0.15) is 32.1 Å². The van der Waals surface area contributed by atoms with Crippen molar-refractivity contribution in [2.24, 2.45) is 5.73 Å². The van der Waals surface area contributed by atoms with Gasteiger partial charge in [-0.1, -0.05) is 12.8 Å². The molecule has 5 N–H and O–H groups in total. The molecule has 0 aromatic carbocycles. The smallest absolute Gasteiger partial charge is 0.427 e. The first-order valence-corrected chi connectivity index (χ1v) is 6.56. The highest BCUT2D eigenvalue weighted by molar-refractivity contribution is 6.40. The zero-order valence-electron chi connectivity index (χ0n) is 10.5. The van der Waals surface area contributed by atoms with Crippen molar-refractivity contribution in [3.8, 4) is 0 Å². The van der Waals surface area contributed by atoms with Gasteiger partial charge in [-0.25, -0.2) is 0 Å². The Kier molecular flexibility index (Phi) is 7.07. The molecule has 0 radical (unpaired) electrons. The summed E-state index contributed by atoms with van der Waals surface area (Å²) in [6, 6.07) is 0. The zero-order valence-corrected chi connectivity index (χ0v) is 10.5. The van der Waals surface area contributed by atoms with Crippen molar-refractivity contribution in [2.75, 3.05) is 26.3 Å². The lowest BCUT2D eigenvalue weighted by Crippen LogP contribution is -2.49. The van der Waals surface area contributed by atoms with Gasteiger partial charge in [-0.2, -0.15) is 0 Å². The van der Waals surface area contributed by atoms with Crippen LogP contribution in [0.5, 0.6) is 0 Å². The third-order valence-corrected chi connectivity index (χ3v) is 3.25. The van der Waals surface area contributed by atoms with Gasteiger partial charge in [0.25, 0.3) is 0 Å². The zero-order chi connectivity index (χ0) is 12.6. The SMILES string of the molecule is NC1(CCCCB(O)O)CCCOCCNC1. The van der Waals surface area contributed by atoms with E-state index in [9.17, 15) is 0 Å². The normalized spacial score (nSPS) is 27.0. The fraction of sp³-hybridized carbons (Fsp3) is 1.00. The van der Waals surface area contributed by atoms with Crippen molar-refractivity contribution in [1.29, 1.82) is 0 Å². The Labute approximate surface area is 104 Å². The summed E-state index contributed by atoms with van der Waals surface area (Å²) in [4.78, 5) is 0. The Morgan fingerprint density at radius 1 is 1.29 bits per heavy atom. The minimum Gasteiger partial charge on any atom is -0.427 e. The first kappa shape index (κ1) is 14.9. The molecule has 1 heterocycles. The number of unbranched alkanes of at least 4 members (excludes halogenated alkanes) is 1. The van der Waals surface area contributed by atoms with Gasteiger partial charge in [0, 0.05) is 25.2 Å². The van der Waals surface area contributed by atoms with Crippen LogP contribution in [0.3, 0.4) is 0 Å². The average molecular weight is 244 g/mol. The molecule has 0 saturated carbocycles. The maximum absolute atomic E-state index is 8.77. The summed E-state index contributed by atoms with van der Waals surface area (Å²) < 4.78 is 5.42. The molecule has 0 bridgehead atoms. The van der Waals surface area contributed by atoms with Crippen LogP contribution in [0.4, 0.5) is 0 Å². The Balaban J connectivity index is 2.25. The van der Waals surface area contributed by atoms with E-state index in [1.165, 1.54) is 0 Å². The van der Waals surface area contributed by atoms with Gasteiger partial charge in [0.15, 0.2) is 0 Å². The van der Waals surface area contributed by atoms with Gasteiger partial charge in [-0.05, 0) is 25.6 Å². The highest BCUT2D eigenvalue weighted by Gasteiger charge is 2.24. The van der Waals surface area contributed by atoms with E-state index in [2.05, 4.69) is 5.32 Å². The van der Waals surface area contributed by atoms with E-state index in [1.54, 1.807) is 0 Å². The standard InChI is InChI=1S/C11H25BN2O3/c13-11(4-1-2-6-12(15)16)5-3-8-17-9-7-14-10-11/h14-16H,1-10,13H2. The molecule has 100 valence electrons. The summed E-state index contributed by atoms with van der Waals surface area (Å²) in [7, 11) is -1.18. The van der Waals surface area contributed by atoms with Crippen LogP contribution >= 0.6 is 0 Å². The Morgan fingerprint density at radius 3 is 2.88 bits per heavy atom. The maximum atomic E-state index is 8.77. The van der Waals surface area contributed by atoms with Crippen molar-refractivity contribution in [2.45, 2.75) is 44.0 Å². The summed E-state index contributed by atoms with van der Waals surface area (Å²) in [5.41, 5.74) is 6.20. The van der Waals surface area contributed by atoms with Gasteiger partial charge in [0.1, 0.15) is 0 Å². The number of nitrogens with one attached hydrogen (secondary N) is 1. The first-order chi connectivity index (χ1) is 8.12. The lowest BCUT2D eigenvalue weighted by molar-refractivity contribution is 0.135. The third kappa shape index (κ3) is 7.01. The van der Waals surface area contributed by atoms with E-state index in [-0.39, 0.29) is 5.54 Å². The molecule has 1 aliphatic rings. The van der Waals surface area contributed by atoms with Crippen LogP contribution in [0.2, 0.25) is 6.32 Å². The number of rotatable bonds is 5. The van der Waals surface area contributed by atoms with Gasteiger partial charge in [0.2, 0.25) is 0 Å². The van der Waals surface area contributed by atoms with Crippen molar-refractivity contribution in [1.82, 2.24) is 5.32 Å². The van der Waals surface area contributed by atoms with Gasteiger partial charge >= 0.3 is 7.12 Å². The van der Waals surface area contributed by atoms with Gasteiger partial charge in [-0.15, -0.1) is 0 Å². The van der Waals surface area contributed by atoms with Crippen molar-refractivity contribution in [3.63, 3.8) is 0 Å². The van der Waals surface area contributed by atoms with E-state index < -0.39 is 7.12 Å². The molecule has 0 spiro atoms. The topological polar surface area (TPSA) is 87.7 Å². The van der Waals surface area contributed by atoms with E-state index >= 15 is 0 Å². The number of nitrogens with two attached hydrogens (primary N) is 1. The maximum Gasteiger partial charge on any atom is 0.451 e. The first-order valence-electron chi connectivity index (χ1n) is 6.56. The van der Waals surface area contributed by atoms with Crippen LogP contribution in [-0.4, -0.2) is 49.0 Å². The minimum absolute atomic E-state index is 0.173. The van der Waals surface area contributed by atoms with Crippen molar-refractivity contribution < 1.29 is 14.8 Å². The highest BCUT2D eigenvalue weighted by Crippen LogP contribution is 2.19. The molecule has 0 amide bonds. The molecular weight excluding hydrogens is 219 g/mol. The molecule has 1 aliphatic heterocycles. The molecule has 0 aromatic heterocycles. The molecule has 1 atom stereocenters. The predicted octanol–water partition coefficient (Wildman–Crippen LogP) is -0.273. The summed E-state index contributed by atoms with van der Waals surface area (Å²) in [5, 5.41) is 20.9. The Hall–Kier alpha value is -0.135. The Bertz CT molecular complexity index is 195. The lowest BCUT2D eigenvalue weighted by atomic mass is 9.81.